The van der Waals surface area contributed by atoms with Crippen molar-refractivity contribution in [2.24, 2.45) is 0 Å². The van der Waals surface area contributed by atoms with Gasteiger partial charge in [0.05, 0.1) is 10.6 Å². The number of benzene rings is 2. The Hall–Kier alpha value is -0.800. The first-order valence-electron chi connectivity index (χ1n) is 5.20. The maximum atomic E-state index is 11.8. The molecule has 2 rings (SSSR count). The van der Waals surface area contributed by atoms with Crippen LogP contribution in [-0.2, 0) is 0 Å². The third-order valence-corrected chi connectivity index (χ3v) is 2.61. The second kappa shape index (κ2) is 6.95. The van der Waals surface area contributed by atoms with Gasteiger partial charge < -0.3 is 4.74 Å². The molecule has 2 aromatic carbocycles. The average Bonchev–Trinajstić information content (AvgIpc) is 2.32. The van der Waals surface area contributed by atoms with Crippen molar-refractivity contribution >= 4 is 47.1 Å². The van der Waals surface area contributed by atoms with Crippen molar-refractivity contribution in [3.63, 3.8) is 0 Å². The molecule has 0 amide bonds. The van der Waals surface area contributed by atoms with Crippen LogP contribution in [0.4, 0.5) is 0 Å². The molecule has 0 unspecified atom stereocenters. The predicted molar refractivity (Wildman–Crippen MR) is 74.7 cm³/mol. The third-order valence-electron chi connectivity index (χ3n) is 2.29. The van der Waals surface area contributed by atoms with Gasteiger partial charge in [0.25, 0.3) is 0 Å². The van der Waals surface area contributed by atoms with Gasteiger partial charge in [-0.25, -0.2) is 4.79 Å². The number of aryl methyl sites for hydroxylation is 1. The summed E-state index contributed by atoms with van der Waals surface area (Å²) in [6.45, 7) is 1.92. The van der Waals surface area contributed by atoms with Crippen molar-refractivity contribution < 1.29 is 9.53 Å². The Kier molecular flexibility index (Phi) is 5.89. The molecule has 0 spiro atoms. The molecule has 0 fully saturated rings. The minimum atomic E-state index is -0.401. The zero-order chi connectivity index (χ0) is 12.3. The number of esters is 1. The molecule has 0 atom stereocenters. The van der Waals surface area contributed by atoms with E-state index in [1.54, 1.807) is 36.4 Å². The first-order valence-corrected chi connectivity index (χ1v) is 5.58. The van der Waals surface area contributed by atoms with E-state index >= 15 is 0 Å². The van der Waals surface area contributed by atoms with E-state index < -0.39 is 5.97 Å². The molecule has 0 radical (unpaired) electrons. The summed E-state index contributed by atoms with van der Waals surface area (Å²) in [5.41, 5.74) is 1.53. The van der Waals surface area contributed by atoms with Crippen LogP contribution in [0.25, 0.3) is 0 Å². The number of para-hydroxylation sites is 1. The summed E-state index contributed by atoms with van der Waals surface area (Å²) in [5.74, 6) is -0.0255. The molecule has 0 N–H and O–H groups in total. The molecule has 0 aliphatic heterocycles. The maximum absolute atomic E-state index is 11.8. The summed E-state index contributed by atoms with van der Waals surface area (Å²) in [5, 5.41) is 0.425. The Morgan fingerprint density at radius 1 is 1.11 bits per heavy atom. The van der Waals surface area contributed by atoms with Crippen molar-refractivity contribution in [3.05, 3.63) is 64.7 Å². The third kappa shape index (κ3) is 3.85. The quantitative estimate of drug-likeness (QED) is 0.476. The Morgan fingerprint density at radius 2 is 1.83 bits per heavy atom. The summed E-state index contributed by atoms with van der Waals surface area (Å²) in [7, 11) is 0. The molecule has 0 heterocycles. The molecule has 2 nitrogen and oxygen atoms in total. The Labute approximate surface area is 133 Å². The fourth-order valence-corrected chi connectivity index (χ4v) is 1.63. The van der Waals surface area contributed by atoms with Gasteiger partial charge in [-0.2, -0.15) is 0 Å². The summed E-state index contributed by atoms with van der Waals surface area (Å²) in [6, 6.07) is 14.1. The van der Waals surface area contributed by atoms with E-state index in [4.69, 9.17) is 16.3 Å². The van der Waals surface area contributed by atoms with E-state index in [0.29, 0.717) is 16.3 Å². The molecule has 18 heavy (non-hydrogen) atoms. The topological polar surface area (TPSA) is 26.3 Å². The van der Waals surface area contributed by atoms with Crippen molar-refractivity contribution in [1.82, 2.24) is 0 Å². The van der Waals surface area contributed by atoms with Crippen LogP contribution in [0, 0.1) is 6.92 Å². The van der Waals surface area contributed by atoms with E-state index in [1.807, 2.05) is 19.1 Å². The number of hydrogen-bond acceptors (Lipinski definition) is 2. The van der Waals surface area contributed by atoms with E-state index in [2.05, 4.69) is 0 Å². The molecule has 2 aromatic rings. The van der Waals surface area contributed by atoms with Gasteiger partial charge in [0, 0.05) is 0 Å². The number of carbonyl (C=O) groups is 1. The second-order valence-corrected chi connectivity index (χ2v) is 4.10. The molecule has 0 aromatic heterocycles. The van der Waals surface area contributed by atoms with E-state index in [1.165, 1.54) is 0 Å². The number of halogens is 1. The number of rotatable bonds is 2. The standard InChI is InChI=1S/C14H11ClO2.Na.H/c1-10-5-4-6-11(9-10)14(16)17-13-8-3-2-7-12(13)15;;/h2-9H,1H3;;. The number of hydrogen-bond donors (Lipinski definition) is 0. The van der Waals surface area contributed by atoms with E-state index in [0.717, 1.165) is 5.56 Å². The predicted octanol–water partition coefficient (Wildman–Crippen LogP) is 3.22. The first kappa shape index (κ1) is 15.3. The molecule has 88 valence electrons. The SMILES string of the molecule is Cc1cccc(C(=O)Oc2ccccc2Cl)c1.[NaH]. The van der Waals surface area contributed by atoms with Crippen LogP contribution in [0.15, 0.2) is 48.5 Å². The Bertz CT molecular complexity index is 555. The molecular weight excluding hydrogens is 259 g/mol. The van der Waals surface area contributed by atoms with Crippen molar-refractivity contribution in [2.45, 2.75) is 6.92 Å². The fourth-order valence-electron chi connectivity index (χ4n) is 1.46. The van der Waals surface area contributed by atoms with Gasteiger partial charge in [-0.15, -0.1) is 0 Å². The van der Waals surface area contributed by atoms with Gasteiger partial charge in [-0.05, 0) is 31.2 Å². The molecule has 4 heteroatoms. The van der Waals surface area contributed by atoms with Crippen LogP contribution < -0.4 is 4.74 Å². The Morgan fingerprint density at radius 3 is 2.50 bits per heavy atom. The molecule has 0 aliphatic carbocycles. The zero-order valence-electron chi connectivity index (χ0n) is 9.31. The molecule has 0 aliphatic rings. The van der Waals surface area contributed by atoms with Gasteiger partial charge in [-0.1, -0.05) is 41.4 Å². The van der Waals surface area contributed by atoms with Crippen LogP contribution in [0.5, 0.6) is 5.75 Å². The molecule has 0 saturated heterocycles. The van der Waals surface area contributed by atoms with E-state index in [-0.39, 0.29) is 29.6 Å². The van der Waals surface area contributed by atoms with Crippen LogP contribution in [0.3, 0.4) is 0 Å². The van der Waals surface area contributed by atoms with Crippen molar-refractivity contribution in [3.8, 4) is 5.75 Å². The van der Waals surface area contributed by atoms with Gasteiger partial charge in [0.2, 0.25) is 0 Å². The summed E-state index contributed by atoms with van der Waals surface area (Å²) >= 11 is 5.91. The van der Waals surface area contributed by atoms with Gasteiger partial charge >= 0.3 is 35.5 Å². The van der Waals surface area contributed by atoms with Crippen molar-refractivity contribution in [1.29, 1.82) is 0 Å². The fraction of sp³-hybridized carbons (Fsp3) is 0.0714. The monoisotopic (exact) mass is 270 g/mol. The van der Waals surface area contributed by atoms with Crippen LogP contribution in [0.1, 0.15) is 15.9 Å². The minimum absolute atomic E-state index is 0. The summed E-state index contributed by atoms with van der Waals surface area (Å²) in [4.78, 5) is 11.8. The molecule has 0 bridgehead atoms. The van der Waals surface area contributed by atoms with Gasteiger partial charge in [-0.3, -0.25) is 0 Å². The Balaban J connectivity index is 0.00000162. The molecule has 0 saturated carbocycles. The summed E-state index contributed by atoms with van der Waals surface area (Å²) in [6.07, 6.45) is 0. The zero-order valence-corrected chi connectivity index (χ0v) is 10.1. The normalized spacial score (nSPS) is 9.44. The van der Waals surface area contributed by atoms with Crippen LogP contribution in [0.2, 0.25) is 5.02 Å². The first-order chi connectivity index (χ1) is 8.16. The van der Waals surface area contributed by atoms with Crippen LogP contribution in [-0.4, -0.2) is 35.5 Å². The number of ether oxygens (including phenoxy) is 1. The van der Waals surface area contributed by atoms with Gasteiger partial charge in [0.1, 0.15) is 5.75 Å². The summed E-state index contributed by atoms with van der Waals surface area (Å²) < 4.78 is 5.22. The van der Waals surface area contributed by atoms with Crippen molar-refractivity contribution in [2.75, 3.05) is 0 Å². The number of carbonyl (C=O) groups excluding carboxylic acids is 1. The van der Waals surface area contributed by atoms with E-state index in [9.17, 15) is 4.79 Å². The second-order valence-electron chi connectivity index (χ2n) is 3.69. The van der Waals surface area contributed by atoms with Gasteiger partial charge in [0.15, 0.2) is 0 Å². The van der Waals surface area contributed by atoms with Crippen LogP contribution >= 0.6 is 11.6 Å². The average molecular weight is 271 g/mol. The molecular formula is C14H12ClNaO2.